The van der Waals surface area contributed by atoms with Crippen molar-refractivity contribution in [2.24, 2.45) is 5.41 Å². The highest BCUT2D eigenvalue weighted by molar-refractivity contribution is 5.88. The molecule has 2 aromatic rings. The molecule has 0 amide bonds. The molecule has 0 saturated carbocycles. The summed E-state index contributed by atoms with van der Waals surface area (Å²) in [6, 6.07) is 6.20. The van der Waals surface area contributed by atoms with Gasteiger partial charge in [0.25, 0.3) is 0 Å². The van der Waals surface area contributed by atoms with Gasteiger partial charge in [-0.2, -0.15) is 0 Å². The van der Waals surface area contributed by atoms with Gasteiger partial charge in [0.1, 0.15) is 5.75 Å². The molecule has 2 rings (SSSR count). The van der Waals surface area contributed by atoms with Crippen LogP contribution in [0.2, 0.25) is 0 Å². The highest BCUT2D eigenvalue weighted by Gasteiger charge is 2.13. The largest absolute Gasteiger partial charge is 0.495 e. The Labute approximate surface area is 103 Å². The van der Waals surface area contributed by atoms with Gasteiger partial charge in [-0.25, -0.2) is 0 Å². The van der Waals surface area contributed by atoms with Gasteiger partial charge in [-0.1, -0.05) is 32.9 Å². The summed E-state index contributed by atoms with van der Waals surface area (Å²) in [7, 11) is 1.71. The summed E-state index contributed by atoms with van der Waals surface area (Å²) in [5, 5.41) is 1.29. The molecule has 0 aliphatic rings. The molecule has 0 aliphatic heterocycles. The van der Waals surface area contributed by atoms with Crippen molar-refractivity contribution < 1.29 is 4.74 Å². The molecule has 0 fully saturated rings. The zero-order valence-corrected chi connectivity index (χ0v) is 11.1. The van der Waals surface area contributed by atoms with Crippen LogP contribution < -0.4 is 4.74 Å². The molecule has 0 atom stereocenters. The number of aromatic amines is 1. The van der Waals surface area contributed by atoms with Crippen LogP contribution in [0.15, 0.2) is 24.4 Å². The van der Waals surface area contributed by atoms with Crippen LogP contribution in [0.5, 0.6) is 5.75 Å². The van der Waals surface area contributed by atoms with Crippen molar-refractivity contribution >= 4 is 10.9 Å². The summed E-state index contributed by atoms with van der Waals surface area (Å²) in [4.78, 5) is 3.32. The van der Waals surface area contributed by atoms with E-state index in [1.54, 1.807) is 7.11 Å². The molecule has 2 nitrogen and oxygen atoms in total. The number of fused-ring (bicyclic) bond motifs is 1. The molecule has 0 spiro atoms. The summed E-state index contributed by atoms with van der Waals surface area (Å²) >= 11 is 0. The van der Waals surface area contributed by atoms with Crippen molar-refractivity contribution in [3.8, 4) is 5.75 Å². The first kappa shape index (κ1) is 12.0. The first-order valence-corrected chi connectivity index (χ1v) is 6.14. The van der Waals surface area contributed by atoms with Crippen molar-refractivity contribution in [3.63, 3.8) is 0 Å². The van der Waals surface area contributed by atoms with Crippen LogP contribution in [0, 0.1) is 5.41 Å². The van der Waals surface area contributed by atoms with Gasteiger partial charge in [0.2, 0.25) is 0 Å². The predicted molar refractivity (Wildman–Crippen MR) is 72.6 cm³/mol. The molecule has 1 aromatic carbocycles. The number of aromatic nitrogens is 1. The summed E-state index contributed by atoms with van der Waals surface area (Å²) in [5.74, 6) is 0.921. The lowest BCUT2D eigenvalue weighted by atomic mass is 9.88. The molecule has 1 aromatic heterocycles. The van der Waals surface area contributed by atoms with E-state index in [-0.39, 0.29) is 0 Å². The Bertz CT molecular complexity index is 505. The van der Waals surface area contributed by atoms with Crippen molar-refractivity contribution in [1.29, 1.82) is 0 Å². The van der Waals surface area contributed by atoms with E-state index in [0.29, 0.717) is 5.41 Å². The van der Waals surface area contributed by atoms with E-state index in [4.69, 9.17) is 4.74 Å². The minimum atomic E-state index is 0.377. The first-order chi connectivity index (χ1) is 8.01. The molecule has 92 valence electrons. The average molecular weight is 231 g/mol. The monoisotopic (exact) mass is 231 g/mol. The Morgan fingerprint density at radius 2 is 2.00 bits per heavy atom. The fraction of sp³-hybridized carbons (Fsp3) is 0.467. The van der Waals surface area contributed by atoms with Crippen LogP contribution in [-0.2, 0) is 6.42 Å². The number of para-hydroxylation sites is 1. The second kappa shape index (κ2) is 4.44. The first-order valence-electron chi connectivity index (χ1n) is 6.14. The van der Waals surface area contributed by atoms with E-state index in [1.807, 2.05) is 6.07 Å². The third kappa shape index (κ3) is 2.63. The Morgan fingerprint density at radius 1 is 1.24 bits per heavy atom. The number of H-pyrrole nitrogens is 1. The summed E-state index contributed by atoms with van der Waals surface area (Å²) < 4.78 is 5.35. The van der Waals surface area contributed by atoms with Crippen LogP contribution in [0.4, 0.5) is 0 Å². The van der Waals surface area contributed by atoms with E-state index in [9.17, 15) is 0 Å². The van der Waals surface area contributed by atoms with E-state index < -0.39 is 0 Å². The second-order valence-corrected chi connectivity index (χ2v) is 5.76. The summed E-state index contributed by atoms with van der Waals surface area (Å²) in [5.41, 5.74) is 2.87. The Morgan fingerprint density at radius 3 is 2.65 bits per heavy atom. The normalized spacial score (nSPS) is 12.0. The van der Waals surface area contributed by atoms with Crippen LogP contribution in [0.1, 0.15) is 32.8 Å². The number of benzene rings is 1. The molecule has 1 heterocycles. The molecular weight excluding hydrogens is 210 g/mol. The van der Waals surface area contributed by atoms with Gasteiger partial charge in [-0.3, -0.25) is 0 Å². The molecule has 0 radical (unpaired) electrons. The van der Waals surface area contributed by atoms with Crippen LogP contribution in [-0.4, -0.2) is 12.1 Å². The summed E-state index contributed by atoms with van der Waals surface area (Å²) in [6.45, 7) is 6.84. The Kier molecular flexibility index (Phi) is 3.14. The number of nitrogens with one attached hydrogen (secondary N) is 1. The van der Waals surface area contributed by atoms with Crippen LogP contribution in [0.3, 0.4) is 0 Å². The number of ether oxygens (including phenoxy) is 1. The van der Waals surface area contributed by atoms with Gasteiger partial charge in [-0.05, 0) is 29.9 Å². The molecule has 0 unspecified atom stereocenters. The van der Waals surface area contributed by atoms with Crippen molar-refractivity contribution in [2.45, 2.75) is 33.6 Å². The van der Waals surface area contributed by atoms with E-state index in [2.05, 4.69) is 44.1 Å². The van der Waals surface area contributed by atoms with Crippen molar-refractivity contribution in [1.82, 2.24) is 4.98 Å². The molecule has 1 N–H and O–H groups in total. The lowest BCUT2D eigenvalue weighted by Gasteiger charge is -2.17. The zero-order valence-electron chi connectivity index (χ0n) is 11.1. The fourth-order valence-electron chi connectivity index (χ4n) is 2.07. The quantitative estimate of drug-likeness (QED) is 0.843. The number of rotatable bonds is 3. The maximum atomic E-state index is 5.35. The fourth-order valence-corrected chi connectivity index (χ4v) is 2.07. The SMILES string of the molecule is COc1cccc2c(CCC(C)(C)C)c[nH]c12. The Hall–Kier alpha value is -1.44. The molecule has 0 saturated heterocycles. The second-order valence-electron chi connectivity index (χ2n) is 5.76. The minimum Gasteiger partial charge on any atom is -0.495 e. The smallest absolute Gasteiger partial charge is 0.142 e. The number of hydrogen-bond donors (Lipinski definition) is 1. The van der Waals surface area contributed by atoms with Gasteiger partial charge in [-0.15, -0.1) is 0 Å². The predicted octanol–water partition coefficient (Wildman–Crippen LogP) is 4.16. The Balaban J connectivity index is 2.30. The minimum absolute atomic E-state index is 0.377. The average Bonchev–Trinajstić information content (AvgIpc) is 2.68. The third-order valence-electron chi connectivity index (χ3n) is 3.13. The van der Waals surface area contributed by atoms with Gasteiger partial charge in [0.15, 0.2) is 0 Å². The maximum Gasteiger partial charge on any atom is 0.142 e. The highest BCUT2D eigenvalue weighted by atomic mass is 16.5. The number of aryl methyl sites for hydroxylation is 1. The van der Waals surface area contributed by atoms with Crippen molar-refractivity contribution in [3.05, 3.63) is 30.0 Å². The van der Waals surface area contributed by atoms with Gasteiger partial charge in [0, 0.05) is 11.6 Å². The standard InChI is InChI=1S/C15H21NO/c1-15(2,3)9-8-11-10-16-14-12(11)6-5-7-13(14)17-4/h5-7,10,16H,8-9H2,1-4H3. The topological polar surface area (TPSA) is 25.0 Å². The van der Waals surface area contributed by atoms with Crippen molar-refractivity contribution in [2.75, 3.05) is 7.11 Å². The number of methoxy groups -OCH3 is 1. The lowest BCUT2D eigenvalue weighted by molar-refractivity contribution is 0.378. The molecule has 17 heavy (non-hydrogen) atoms. The molecule has 0 bridgehead atoms. The van der Waals surface area contributed by atoms with E-state index in [0.717, 1.165) is 17.7 Å². The van der Waals surface area contributed by atoms with Crippen LogP contribution >= 0.6 is 0 Å². The highest BCUT2D eigenvalue weighted by Crippen LogP contribution is 2.29. The zero-order chi connectivity index (χ0) is 12.5. The van der Waals surface area contributed by atoms with Gasteiger partial charge in [0.05, 0.1) is 12.6 Å². The van der Waals surface area contributed by atoms with E-state index >= 15 is 0 Å². The lowest BCUT2D eigenvalue weighted by Crippen LogP contribution is -2.05. The van der Waals surface area contributed by atoms with Gasteiger partial charge < -0.3 is 9.72 Å². The molecule has 2 heteroatoms. The third-order valence-corrected chi connectivity index (χ3v) is 3.13. The molecular formula is C15H21NO. The molecule has 0 aliphatic carbocycles. The number of hydrogen-bond acceptors (Lipinski definition) is 1. The van der Waals surface area contributed by atoms with Crippen LogP contribution in [0.25, 0.3) is 10.9 Å². The van der Waals surface area contributed by atoms with E-state index in [1.165, 1.54) is 17.4 Å². The maximum absolute atomic E-state index is 5.35. The summed E-state index contributed by atoms with van der Waals surface area (Å²) in [6.07, 6.45) is 4.41. The van der Waals surface area contributed by atoms with Gasteiger partial charge >= 0.3 is 0 Å².